The van der Waals surface area contributed by atoms with Gasteiger partial charge in [-0.1, -0.05) is 30.3 Å². The molecule has 0 amide bonds. The fourth-order valence-electron chi connectivity index (χ4n) is 3.03. The third-order valence-electron chi connectivity index (χ3n) is 4.53. The Morgan fingerprint density at radius 2 is 1.81 bits per heavy atom. The normalized spacial score (nSPS) is 10.6. The lowest BCUT2D eigenvalue weighted by atomic mass is 10.2. The molecule has 9 heteroatoms. The minimum absolute atomic E-state index is 0.0779. The lowest BCUT2D eigenvalue weighted by Crippen LogP contribution is -2.33. The molecule has 3 aromatic carbocycles. The standard InChI is InChI=1S/C22H15N3O6/c1-30-17-9-5-6-14(13-17)20-23-19-11-3-2-10-18(19)21(26)24(20)31-22(27)15-7-4-8-16(12-15)25(28)29/h2-13H,1H3. The van der Waals surface area contributed by atoms with Crippen molar-refractivity contribution in [3.05, 3.63) is 98.8 Å². The van der Waals surface area contributed by atoms with E-state index in [9.17, 15) is 19.7 Å². The first-order valence-corrected chi connectivity index (χ1v) is 9.11. The highest BCUT2D eigenvalue weighted by Crippen LogP contribution is 2.23. The van der Waals surface area contributed by atoms with E-state index in [2.05, 4.69) is 4.98 Å². The maximum Gasteiger partial charge on any atom is 0.364 e. The quantitative estimate of drug-likeness (QED) is 0.362. The highest BCUT2D eigenvalue weighted by atomic mass is 16.7. The number of carbonyl (C=O) groups excluding carboxylic acids is 1. The Balaban J connectivity index is 1.87. The van der Waals surface area contributed by atoms with Crippen LogP contribution < -0.4 is 15.1 Å². The predicted molar refractivity (Wildman–Crippen MR) is 112 cm³/mol. The summed E-state index contributed by atoms with van der Waals surface area (Å²) in [6, 6.07) is 18.5. The highest BCUT2D eigenvalue weighted by molar-refractivity contribution is 5.90. The Labute approximate surface area is 175 Å². The van der Waals surface area contributed by atoms with E-state index in [1.165, 1.54) is 25.3 Å². The molecule has 9 nitrogen and oxygen atoms in total. The molecule has 0 fully saturated rings. The van der Waals surface area contributed by atoms with E-state index < -0.39 is 16.5 Å². The molecule has 0 bridgehead atoms. The Bertz CT molecular complexity index is 1380. The van der Waals surface area contributed by atoms with Crippen LogP contribution in [-0.2, 0) is 0 Å². The molecule has 4 rings (SSSR count). The van der Waals surface area contributed by atoms with Crippen LogP contribution in [0, 0.1) is 10.1 Å². The maximum absolute atomic E-state index is 13.1. The number of aromatic nitrogens is 2. The molecule has 154 valence electrons. The number of rotatable bonds is 5. The first-order valence-electron chi connectivity index (χ1n) is 9.11. The van der Waals surface area contributed by atoms with E-state index >= 15 is 0 Å². The van der Waals surface area contributed by atoms with Gasteiger partial charge >= 0.3 is 5.97 Å². The molecule has 0 radical (unpaired) electrons. The zero-order valence-electron chi connectivity index (χ0n) is 16.2. The summed E-state index contributed by atoms with van der Waals surface area (Å²) in [6.07, 6.45) is 0. The fraction of sp³-hybridized carbons (Fsp3) is 0.0455. The number of hydrogen-bond donors (Lipinski definition) is 0. The molecular weight excluding hydrogens is 402 g/mol. The SMILES string of the molecule is COc1cccc(-c2nc3ccccc3c(=O)n2OC(=O)c2cccc([N+](=O)[O-])c2)c1. The molecule has 0 aliphatic heterocycles. The Hall–Kier alpha value is -4.53. The van der Waals surface area contributed by atoms with Gasteiger partial charge in [0.15, 0.2) is 5.82 Å². The second kappa shape index (κ2) is 8.07. The summed E-state index contributed by atoms with van der Waals surface area (Å²) in [5, 5.41) is 11.3. The van der Waals surface area contributed by atoms with Crippen molar-refractivity contribution >= 4 is 22.6 Å². The van der Waals surface area contributed by atoms with Crippen molar-refractivity contribution in [3.63, 3.8) is 0 Å². The number of nitrogens with zero attached hydrogens (tertiary/aromatic N) is 3. The van der Waals surface area contributed by atoms with Crippen molar-refractivity contribution in [2.75, 3.05) is 7.11 Å². The van der Waals surface area contributed by atoms with Crippen molar-refractivity contribution in [1.82, 2.24) is 9.71 Å². The molecule has 31 heavy (non-hydrogen) atoms. The van der Waals surface area contributed by atoms with Crippen LogP contribution in [0.15, 0.2) is 77.6 Å². The van der Waals surface area contributed by atoms with Gasteiger partial charge in [0.05, 0.1) is 28.5 Å². The monoisotopic (exact) mass is 417 g/mol. The summed E-state index contributed by atoms with van der Waals surface area (Å²) in [4.78, 5) is 46.1. The van der Waals surface area contributed by atoms with E-state index in [-0.39, 0.29) is 22.5 Å². The summed E-state index contributed by atoms with van der Waals surface area (Å²) >= 11 is 0. The highest BCUT2D eigenvalue weighted by Gasteiger charge is 2.19. The van der Waals surface area contributed by atoms with Gasteiger partial charge < -0.3 is 9.57 Å². The van der Waals surface area contributed by atoms with Gasteiger partial charge in [0.1, 0.15) is 5.75 Å². The number of hydrogen-bond acceptors (Lipinski definition) is 7. The van der Waals surface area contributed by atoms with Crippen LogP contribution in [0.2, 0.25) is 0 Å². The second-order valence-electron chi connectivity index (χ2n) is 6.47. The number of para-hydroxylation sites is 1. The molecule has 0 saturated carbocycles. The summed E-state index contributed by atoms with van der Waals surface area (Å²) in [5.74, 6) is -0.329. The first kappa shape index (κ1) is 19.8. The van der Waals surface area contributed by atoms with Crippen LogP contribution >= 0.6 is 0 Å². The van der Waals surface area contributed by atoms with E-state index in [4.69, 9.17) is 9.57 Å². The molecule has 0 aliphatic carbocycles. The largest absolute Gasteiger partial charge is 0.497 e. The molecule has 0 saturated heterocycles. The predicted octanol–water partition coefficient (Wildman–Crippen LogP) is 3.25. The van der Waals surface area contributed by atoms with Gasteiger partial charge in [0.25, 0.3) is 11.2 Å². The average Bonchev–Trinajstić information content (AvgIpc) is 2.80. The van der Waals surface area contributed by atoms with Gasteiger partial charge in [-0.05, 0) is 30.3 Å². The number of carbonyl (C=O) groups is 1. The van der Waals surface area contributed by atoms with Gasteiger partial charge in [-0.25, -0.2) is 9.78 Å². The lowest BCUT2D eigenvalue weighted by molar-refractivity contribution is -0.384. The van der Waals surface area contributed by atoms with E-state index in [0.717, 1.165) is 10.8 Å². The number of nitro benzene ring substituents is 1. The second-order valence-corrected chi connectivity index (χ2v) is 6.47. The number of non-ortho nitro benzene ring substituents is 1. The van der Waals surface area contributed by atoms with Crippen LogP contribution in [0.1, 0.15) is 10.4 Å². The molecule has 1 heterocycles. The van der Waals surface area contributed by atoms with Crippen molar-refractivity contribution in [3.8, 4) is 17.1 Å². The van der Waals surface area contributed by atoms with Crippen LogP contribution in [0.5, 0.6) is 5.75 Å². The Kier molecular flexibility index (Phi) is 5.15. The molecular formula is C22H15N3O6. The summed E-state index contributed by atoms with van der Waals surface area (Å²) < 4.78 is 6.02. The summed E-state index contributed by atoms with van der Waals surface area (Å²) in [5.41, 5.74) is -0.0403. The topological polar surface area (TPSA) is 114 Å². The molecule has 0 N–H and O–H groups in total. The van der Waals surface area contributed by atoms with Crippen LogP contribution in [0.25, 0.3) is 22.3 Å². The fourth-order valence-corrected chi connectivity index (χ4v) is 3.03. The summed E-state index contributed by atoms with van der Waals surface area (Å²) in [6.45, 7) is 0. The van der Waals surface area contributed by atoms with Crippen molar-refractivity contribution in [2.45, 2.75) is 0 Å². The zero-order valence-corrected chi connectivity index (χ0v) is 16.2. The van der Waals surface area contributed by atoms with Crippen molar-refractivity contribution in [1.29, 1.82) is 0 Å². The minimum Gasteiger partial charge on any atom is -0.497 e. The third kappa shape index (κ3) is 3.84. The maximum atomic E-state index is 13.1. The molecule has 4 aromatic rings. The molecule has 0 unspecified atom stereocenters. The van der Waals surface area contributed by atoms with Crippen LogP contribution in [-0.4, -0.2) is 27.7 Å². The van der Waals surface area contributed by atoms with Gasteiger partial charge in [-0.3, -0.25) is 14.9 Å². The minimum atomic E-state index is -0.938. The zero-order chi connectivity index (χ0) is 22.0. The van der Waals surface area contributed by atoms with Gasteiger partial charge in [0.2, 0.25) is 0 Å². The Morgan fingerprint density at radius 3 is 2.58 bits per heavy atom. The summed E-state index contributed by atoms with van der Waals surface area (Å²) in [7, 11) is 1.50. The number of benzene rings is 3. The Morgan fingerprint density at radius 1 is 1.03 bits per heavy atom. The number of ether oxygens (including phenoxy) is 1. The van der Waals surface area contributed by atoms with Crippen molar-refractivity contribution < 1.29 is 19.3 Å². The smallest absolute Gasteiger partial charge is 0.364 e. The van der Waals surface area contributed by atoms with Gasteiger partial charge in [-0.15, -0.1) is 4.73 Å². The lowest BCUT2D eigenvalue weighted by Gasteiger charge is -2.13. The van der Waals surface area contributed by atoms with Crippen LogP contribution in [0.3, 0.4) is 0 Å². The molecule has 0 atom stereocenters. The average molecular weight is 417 g/mol. The number of fused-ring (bicyclic) bond motifs is 1. The van der Waals surface area contributed by atoms with E-state index in [1.54, 1.807) is 48.5 Å². The number of nitro groups is 1. The molecule has 0 spiro atoms. The van der Waals surface area contributed by atoms with Gasteiger partial charge in [0, 0.05) is 17.7 Å². The number of methoxy groups -OCH3 is 1. The van der Waals surface area contributed by atoms with E-state index in [0.29, 0.717) is 16.8 Å². The van der Waals surface area contributed by atoms with Crippen molar-refractivity contribution in [2.24, 2.45) is 0 Å². The first-order chi connectivity index (χ1) is 15.0. The van der Waals surface area contributed by atoms with Crippen LogP contribution in [0.4, 0.5) is 5.69 Å². The third-order valence-corrected chi connectivity index (χ3v) is 4.53. The van der Waals surface area contributed by atoms with E-state index in [1.807, 2.05) is 0 Å². The molecule has 0 aliphatic rings. The van der Waals surface area contributed by atoms with Gasteiger partial charge in [-0.2, -0.15) is 0 Å². The molecule has 1 aromatic heterocycles.